The molecule has 0 aromatic rings. The molecule has 2 fully saturated rings. The zero-order valence-electron chi connectivity index (χ0n) is 15.1. The SMILES string of the molecule is CCCNC(=O)CSCC1C2CCC(O2)C1C/C=C\CCCC(=O)O. The number of carbonyl (C=O) groups is 2. The van der Waals surface area contributed by atoms with Gasteiger partial charge in [-0.3, -0.25) is 9.59 Å². The Hall–Kier alpha value is -1.01. The van der Waals surface area contributed by atoms with E-state index in [0.717, 1.165) is 44.4 Å². The topological polar surface area (TPSA) is 75.6 Å². The van der Waals surface area contributed by atoms with Crippen molar-refractivity contribution in [2.75, 3.05) is 18.1 Å². The number of hydrogen-bond acceptors (Lipinski definition) is 4. The largest absolute Gasteiger partial charge is 0.481 e. The van der Waals surface area contributed by atoms with Crippen molar-refractivity contribution in [3.63, 3.8) is 0 Å². The van der Waals surface area contributed by atoms with Crippen LogP contribution < -0.4 is 5.32 Å². The van der Waals surface area contributed by atoms with Crippen LogP contribution in [0.5, 0.6) is 0 Å². The van der Waals surface area contributed by atoms with Crippen LogP contribution in [0.25, 0.3) is 0 Å². The van der Waals surface area contributed by atoms with Crippen LogP contribution in [-0.4, -0.2) is 47.2 Å². The second kappa shape index (κ2) is 10.9. The summed E-state index contributed by atoms with van der Waals surface area (Å²) in [6, 6.07) is 0. The van der Waals surface area contributed by atoms with Gasteiger partial charge in [-0.05, 0) is 56.1 Å². The minimum absolute atomic E-state index is 0.130. The first-order valence-corrected chi connectivity index (χ1v) is 10.6. The molecule has 1 amide bonds. The first kappa shape index (κ1) is 20.3. The monoisotopic (exact) mass is 369 g/mol. The Morgan fingerprint density at radius 3 is 2.72 bits per heavy atom. The van der Waals surface area contributed by atoms with Gasteiger partial charge in [0.05, 0.1) is 18.0 Å². The predicted molar refractivity (Wildman–Crippen MR) is 101 cm³/mol. The summed E-state index contributed by atoms with van der Waals surface area (Å²) in [4.78, 5) is 22.2. The van der Waals surface area contributed by atoms with Gasteiger partial charge in [0.1, 0.15) is 0 Å². The van der Waals surface area contributed by atoms with Gasteiger partial charge >= 0.3 is 5.97 Å². The Morgan fingerprint density at radius 1 is 1.24 bits per heavy atom. The minimum Gasteiger partial charge on any atom is -0.481 e. The molecule has 0 radical (unpaired) electrons. The van der Waals surface area contributed by atoms with E-state index in [4.69, 9.17) is 9.84 Å². The van der Waals surface area contributed by atoms with Gasteiger partial charge in [-0.25, -0.2) is 0 Å². The summed E-state index contributed by atoms with van der Waals surface area (Å²) in [7, 11) is 0. The molecule has 0 aliphatic carbocycles. The van der Waals surface area contributed by atoms with Crippen molar-refractivity contribution in [3.8, 4) is 0 Å². The van der Waals surface area contributed by atoms with Gasteiger partial charge in [-0.2, -0.15) is 11.8 Å². The number of carbonyl (C=O) groups excluding carboxylic acids is 1. The normalized spacial score (nSPS) is 27.9. The molecule has 2 rings (SSSR count). The first-order chi connectivity index (χ1) is 12.1. The molecule has 0 spiro atoms. The van der Waals surface area contributed by atoms with Crippen LogP contribution in [0.15, 0.2) is 12.2 Å². The van der Waals surface area contributed by atoms with E-state index in [1.54, 1.807) is 11.8 Å². The summed E-state index contributed by atoms with van der Waals surface area (Å²) < 4.78 is 6.10. The van der Waals surface area contributed by atoms with Crippen LogP contribution in [0, 0.1) is 11.8 Å². The third kappa shape index (κ3) is 6.66. The van der Waals surface area contributed by atoms with E-state index in [9.17, 15) is 9.59 Å². The van der Waals surface area contributed by atoms with Crippen LogP contribution in [0.1, 0.15) is 51.9 Å². The highest BCUT2D eigenvalue weighted by Crippen LogP contribution is 2.46. The lowest BCUT2D eigenvalue weighted by Crippen LogP contribution is -2.30. The second-order valence-electron chi connectivity index (χ2n) is 6.98. The lowest BCUT2D eigenvalue weighted by Gasteiger charge is -2.26. The highest BCUT2D eigenvalue weighted by atomic mass is 32.2. The zero-order valence-corrected chi connectivity index (χ0v) is 15.9. The Labute approximate surface area is 155 Å². The summed E-state index contributed by atoms with van der Waals surface area (Å²) in [6.45, 7) is 2.81. The van der Waals surface area contributed by atoms with E-state index in [1.165, 1.54) is 0 Å². The van der Waals surface area contributed by atoms with Crippen LogP contribution in [-0.2, 0) is 14.3 Å². The van der Waals surface area contributed by atoms with Crippen molar-refractivity contribution in [1.82, 2.24) is 5.32 Å². The van der Waals surface area contributed by atoms with Crippen molar-refractivity contribution in [1.29, 1.82) is 0 Å². The Morgan fingerprint density at radius 2 is 2.00 bits per heavy atom. The lowest BCUT2D eigenvalue weighted by molar-refractivity contribution is -0.137. The number of amides is 1. The molecule has 5 nitrogen and oxygen atoms in total. The molecular weight excluding hydrogens is 338 g/mol. The summed E-state index contributed by atoms with van der Waals surface area (Å²) in [5, 5.41) is 11.6. The van der Waals surface area contributed by atoms with Gasteiger partial charge in [-0.1, -0.05) is 19.1 Å². The average Bonchev–Trinajstić information content (AvgIpc) is 3.18. The van der Waals surface area contributed by atoms with E-state index in [2.05, 4.69) is 24.4 Å². The number of unbranched alkanes of at least 4 members (excludes halogenated alkanes) is 1. The molecular formula is C19H31NO4S. The van der Waals surface area contributed by atoms with Crippen molar-refractivity contribution in [2.45, 2.75) is 64.1 Å². The van der Waals surface area contributed by atoms with Gasteiger partial charge in [0, 0.05) is 13.0 Å². The molecule has 2 saturated heterocycles. The van der Waals surface area contributed by atoms with Gasteiger partial charge in [0.2, 0.25) is 5.91 Å². The highest BCUT2D eigenvalue weighted by molar-refractivity contribution is 7.99. The van der Waals surface area contributed by atoms with Crippen LogP contribution in [0.3, 0.4) is 0 Å². The molecule has 2 aliphatic heterocycles. The Balaban J connectivity index is 1.70. The molecule has 2 aliphatic rings. The van der Waals surface area contributed by atoms with Gasteiger partial charge in [0.25, 0.3) is 0 Å². The van der Waals surface area contributed by atoms with Crippen LogP contribution >= 0.6 is 11.8 Å². The number of hydrogen-bond donors (Lipinski definition) is 2. The number of carboxylic acids is 1. The maximum absolute atomic E-state index is 11.7. The highest BCUT2D eigenvalue weighted by Gasteiger charge is 2.47. The summed E-state index contributed by atoms with van der Waals surface area (Å²) >= 11 is 1.72. The molecule has 2 bridgehead atoms. The standard InChI is InChI=1S/C19H31NO4S/c1-2-11-20-18(21)13-25-12-15-14(16-9-10-17(15)24-16)7-5-3-4-6-8-19(22)23/h3,5,14-17H,2,4,6-13H2,1H3,(H,20,21)(H,22,23)/b5-3-. The maximum Gasteiger partial charge on any atom is 0.303 e. The summed E-state index contributed by atoms with van der Waals surface area (Å²) in [6.07, 6.45) is 11.1. The smallest absolute Gasteiger partial charge is 0.303 e. The summed E-state index contributed by atoms with van der Waals surface area (Å²) in [5.74, 6) is 2.00. The second-order valence-corrected chi connectivity index (χ2v) is 8.01. The van der Waals surface area contributed by atoms with E-state index in [1.807, 2.05) is 0 Å². The number of fused-ring (bicyclic) bond motifs is 2. The molecule has 142 valence electrons. The van der Waals surface area contributed by atoms with Crippen molar-refractivity contribution < 1.29 is 19.4 Å². The molecule has 0 aromatic heterocycles. The van der Waals surface area contributed by atoms with Crippen molar-refractivity contribution >= 4 is 23.6 Å². The van der Waals surface area contributed by atoms with Gasteiger partial charge in [0.15, 0.2) is 0 Å². The molecule has 0 saturated carbocycles. The van der Waals surface area contributed by atoms with E-state index in [-0.39, 0.29) is 12.3 Å². The van der Waals surface area contributed by atoms with Gasteiger partial charge < -0.3 is 15.2 Å². The fourth-order valence-electron chi connectivity index (χ4n) is 3.77. The fraction of sp³-hybridized carbons (Fsp3) is 0.789. The number of allylic oxidation sites excluding steroid dienone is 2. The average molecular weight is 370 g/mol. The number of nitrogens with one attached hydrogen (secondary N) is 1. The zero-order chi connectivity index (χ0) is 18.1. The number of ether oxygens (including phenoxy) is 1. The number of rotatable bonds is 12. The number of thioether (sulfide) groups is 1. The predicted octanol–water partition coefficient (Wildman–Crippen LogP) is 3.24. The lowest BCUT2D eigenvalue weighted by atomic mass is 9.78. The molecule has 2 N–H and O–H groups in total. The molecule has 2 heterocycles. The Bertz CT molecular complexity index is 468. The third-order valence-electron chi connectivity index (χ3n) is 5.04. The quantitative estimate of drug-likeness (QED) is 0.408. The maximum atomic E-state index is 11.7. The first-order valence-electron chi connectivity index (χ1n) is 9.48. The molecule has 4 atom stereocenters. The molecule has 4 unspecified atom stereocenters. The number of carboxylic acid groups (broad SMARTS) is 1. The van der Waals surface area contributed by atoms with Gasteiger partial charge in [-0.15, -0.1) is 0 Å². The van der Waals surface area contributed by atoms with Crippen LogP contribution in [0.2, 0.25) is 0 Å². The van der Waals surface area contributed by atoms with E-state index in [0.29, 0.717) is 36.2 Å². The number of aliphatic carboxylic acids is 1. The molecule has 6 heteroatoms. The van der Waals surface area contributed by atoms with Crippen molar-refractivity contribution in [2.24, 2.45) is 11.8 Å². The van der Waals surface area contributed by atoms with Crippen molar-refractivity contribution in [3.05, 3.63) is 12.2 Å². The molecule has 0 aromatic carbocycles. The third-order valence-corrected chi connectivity index (χ3v) is 6.13. The summed E-state index contributed by atoms with van der Waals surface area (Å²) in [5.41, 5.74) is 0. The molecule has 25 heavy (non-hydrogen) atoms. The fourth-order valence-corrected chi connectivity index (χ4v) is 4.91. The minimum atomic E-state index is -0.727. The Kier molecular flexibility index (Phi) is 8.82. The van der Waals surface area contributed by atoms with Crippen LogP contribution in [0.4, 0.5) is 0 Å². The van der Waals surface area contributed by atoms with E-state index < -0.39 is 5.97 Å². The van der Waals surface area contributed by atoms with E-state index >= 15 is 0 Å².